The first-order valence-corrected chi connectivity index (χ1v) is 11.6. The van der Waals surface area contributed by atoms with Gasteiger partial charge in [-0.05, 0) is 79.0 Å². The Bertz CT molecular complexity index is 768. The molecule has 1 aromatic carbocycles. The van der Waals surface area contributed by atoms with Gasteiger partial charge in [-0.1, -0.05) is 38.5 Å². The Morgan fingerprint density at radius 3 is 2.70 bits per heavy atom. The van der Waals surface area contributed by atoms with Gasteiger partial charge in [-0.2, -0.15) is 0 Å². The van der Waals surface area contributed by atoms with Crippen LogP contribution in [0.15, 0.2) is 35.9 Å². The molecule has 4 rings (SSSR count). The summed E-state index contributed by atoms with van der Waals surface area (Å²) in [5, 5.41) is 0. The number of ether oxygens (including phenoxy) is 3. The van der Waals surface area contributed by atoms with Crippen molar-refractivity contribution >= 4 is 5.97 Å². The van der Waals surface area contributed by atoms with Crippen LogP contribution >= 0.6 is 0 Å². The van der Waals surface area contributed by atoms with Crippen molar-refractivity contribution in [2.75, 3.05) is 13.7 Å². The standard InChI is InChI=1S/C26H36O4/c1-18-14-26(2)15-23(20-8-6-4-5-7-9-20)30-25(27)24(26)22(18)17-29-16-19-10-12-21(28-3)13-11-19/h8,10-13,18,22-24H,4-7,9,14-17H2,1-3H3/t18-,22+,23-,24+,26-/m0/s1. The maximum Gasteiger partial charge on any atom is 0.310 e. The second-order valence-corrected chi connectivity index (χ2v) is 9.85. The Labute approximate surface area is 181 Å². The number of benzene rings is 1. The minimum absolute atomic E-state index is 0.00120. The third-order valence-corrected chi connectivity index (χ3v) is 7.59. The van der Waals surface area contributed by atoms with Gasteiger partial charge in [-0.25, -0.2) is 0 Å². The van der Waals surface area contributed by atoms with Crippen LogP contribution < -0.4 is 4.74 Å². The normalized spacial score (nSPS) is 34.0. The van der Waals surface area contributed by atoms with E-state index in [1.54, 1.807) is 7.11 Å². The summed E-state index contributed by atoms with van der Waals surface area (Å²) in [5.74, 6) is 1.49. The molecule has 0 aromatic heterocycles. The number of hydrogen-bond acceptors (Lipinski definition) is 4. The molecule has 1 aromatic rings. The SMILES string of the molecule is COc1ccc(COC[C@@H]2[C@@H](C)C[C@@]3(C)C[C@@H](C4=CCCCCC4)OC(=O)[C@@H]23)cc1. The number of carbonyl (C=O) groups excluding carboxylic acids is 1. The predicted molar refractivity (Wildman–Crippen MR) is 117 cm³/mol. The fourth-order valence-electron chi connectivity index (χ4n) is 6.04. The molecule has 4 heteroatoms. The summed E-state index contributed by atoms with van der Waals surface area (Å²) in [6.45, 7) is 5.75. The van der Waals surface area contributed by atoms with Crippen LogP contribution in [0.25, 0.3) is 0 Å². The quantitative estimate of drug-likeness (QED) is 0.444. The highest BCUT2D eigenvalue weighted by molar-refractivity contribution is 5.76. The molecule has 1 saturated heterocycles. The molecule has 164 valence electrons. The van der Waals surface area contributed by atoms with Crippen molar-refractivity contribution in [2.24, 2.45) is 23.2 Å². The van der Waals surface area contributed by atoms with E-state index < -0.39 is 0 Å². The Hall–Kier alpha value is -1.81. The van der Waals surface area contributed by atoms with Crippen LogP contribution in [0.1, 0.15) is 64.4 Å². The van der Waals surface area contributed by atoms with E-state index in [4.69, 9.17) is 14.2 Å². The van der Waals surface area contributed by atoms with Gasteiger partial charge in [-0.15, -0.1) is 0 Å². The van der Waals surface area contributed by atoms with Crippen molar-refractivity contribution < 1.29 is 19.0 Å². The average molecular weight is 413 g/mol. The van der Waals surface area contributed by atoms with E-state index in [-0.39, 0.29) is 29.3 Å². The maximum atomic E-state index is 13.2. The molecule has 5 atom stereocenters. The second kappa shape index (κ2) is 9.13. The highest BCUT2D eigenvalue weighted by atomic mass is 16.5. The lowest BCUT2D eigenvalue weighted by atomic mass is 9.70. The molecule has 2 aliphatic carbocycles. The molecule has 3 aliphatic rings. The van der Waals surface area contributed by atoms with Gasteiger partial charge >= 0.3 is 5.97 Å². The van der Waals surface area contributed by atoms with Crippen molar-refractivity contribution in [2.45, 2.75) is 71.5 Å². The van der Waals surface area contributed by atoms with Crippen molar-refractivity contribution in [3.8, 4) is 5.75 Å². The predicted octanol–water partition coefficient (Wildman–Crippen LogP) is 5.70. The van der Waals surface area contributed by atoms with E-state index in [0.29, 0.717) is 19.1 Å². The molecule has 1 aliphatic heterocycles. The first kappa shape index (κ1) is 21.4. The number of rotatable bonds is 6. The van der Waals surface area contributed by atoms with Crippen LogP contribution in [-0.2, 0) is 20.9 Å². The number of methoxy groups -OCH3 is 1. The summed E-state index contributed by atoms with van der Waals surface area (Å²) >= 11 is 0. The van der Waals surface area contributed by atoms with Crippen LogP contribution in [0.3, 0.4) is 0 Å². The minimum Gasteiger partial charge on any atom is -0.497 e. The van der Waals surface area contributed by atoms with Crippen LogP contribution in [0.4, 0.5) is 0 Å². The third kappa shape index (κ3) is 4.44. The Balaban J connectivity index is 1.39. The van der Waals surface area contributed by atoms with Crippen LogP contribution in [0.5, 0.6) is 5.75 Å². The molecular formula is C26H36O4. The molecule has 30 heavy (non-hydrogen) atoms. The molecule has 1 heterocycles. The van der Waals surface area contributed by atoms with E-state index in [9.17, 15) is 4.79 Å². The largest absolute Gasteiger partial charge is 0.497 e. The molecule has 0 unspecified atom stereocenters. The van der Waals surface area contributed by atoms with Gasteiger partial charge in [-0.3, -0.25) is 4.79 Å². The molecule has 0 spiro atoms. The van der Waals surface area contributed by atoms with E-state index >= 15 is 0 Å². The summed E-state index contributed by atoms with van der Waals surface area (Å²) in [7, 11) is 1.67. The zero-order valence-corrected chi connectivity index (χ0v) is 18.7. The zero-order chi connectivity index (χ0) is 21.1. The van der Waals surface area contributed by atoms with Crippen LogP contribution in [-0.4, -0.2) is 25.8 Å². The van der Waals surface area contributed by atoms with Gasteiger partial charge in [0.25, 0.3) is 0 Å². The molecule has 0 amide bonds. The molecule has 2 fully saturated rings. The summed E-state index contributed by atoms with van der Waals surface area (Å²) in [4.78, 5) is 13.2. The Morgan fingerprint density at radius 2 is 1.93 bits per heavy atom. The second-order valence-electron chi connectivity index (χ2n) is 9.85. The zero-order valence-electron chi connectivity index (χ0n) is 18.7. The first-order valence-electron chi connectivity index (χ1n) is 11.6. The summed E-state index contributed by atoms with van der Waals surface area (Å²) < 4.78 is 17.4. The number of fused-ring (bicyclic) bond motifs is 1. The van der Waals surface area contributed by atoms with Gasteiger partial charge in [0.1, 0.15) is 11.9 Å². The van der Waals surface area contributed by atoms with Crippen LogP contribution in [0.2, 0.25) is 0 Å². The Morgan fingerprint density at radius 1 is 1.13 bits per heavy atom. The number of hydrogen-bond donors (Lipinski definition) is 0. The van der Waals surface area contributed by atoms with Crippen molar-refractivity contribution in [3.63, 3.8) is 0 Å². The molecule has 0 bridgehead atoms. The first-order chi connectivity index (χ1) is 14.5. The van der Waals surface area contributed by atoms with E-state index in [1.807, 2.05) is 24.3 Å². The van der Waals surface area contributed by atoms with Gasteiger partial charge in [0.15, 0.2) is 0 Å². The lowest BCUT2D eigenvalue weighted by Gasteiger charge is -2.41. The van der Waals surface area contributed by atoms with Gasteiger partial charge in [0.05, 0.1) is 26.2 Å². The topological polar surface area (TPSA) is 44.8 Å². The molecule has 1 saturated carbocycles. The van der Waals surface area contributed by atoms with E-state index in [1.165, 1.54) is 24.8 Å². The number of esters is 1. The molecule has 0 N–H and O–H groups in total. The average Bonchev–Trinajstić information content (AvgIpc) is 2.90. The number of allylic oxidation sites excluding steroid dienone is 1. The van der Waals surface area contributed by atoms with Crippen molar-refractivity contribution in [1.82, 2.24) is 0 Å². The van der Waals surface area contributed by atoms with E-state index in [2.05, 4.69) is 19.9 Å². The minimum atomic E-state index is -0.0500. The smallest absolute Gasteiger partial charge is 0.310 e. The molecular weight excluding hydrogens is 376 g/mol. The summed E-state index contributed by atoms with van der Waals surface area (Å²) in [6, 6.07) is 7.96. The summed E-state index contributed by atoms with van der Waals surface area (Å²) in [6.07, 6.45) is 10.4. The monoisotopic (exact) mass is 412 g/mol. The fraction of sp³-hybridized carbons (Fsp3) is 0.654. The van der Waals surface area contributed by atoms with Crippen molar-refractivity contribution in [1.29, 1.82) is 0 Å². The van der Waals surface area contributed by atoms with E-state index in [0.717, 1.165) is 37.0 Å². The highest BCUT2D eigenvalue weighted by Gasteiger charge is 2.57. The van der Waals surface area contributed by atoms with Crippen molar-refractivity contribution in [3.05, 3.63) is 41.5 Å². The number of carbonyl (C=O) groups is 1. The number of cyclic esters (lactones) is 1. The fourth-order valence-corrected chi connectivity index (χ4v) is 6.04. The van der Waals surface area contributed by atoms with Gasteiger partial charge < -0.3 is 14.2 Å². The highest BCUT2D eigenvalue weighted by Crippen LogP contribution is 2.56. The third-order valence-electron chi connectivity index (χ3n) is 7.59. The lowest BCUT2D eigenvalue weighted by molar-refractivity contribution is -0.170. The van der Waals surface area contributed by atoms with Crippen LogP contribution in [0, 0.1) is 23.2 Å². The van der Waals surface area contributed by atoms with Gasteiger partial charge in [0.2, 0.25) is 0 Å². The summed E-state index contributed by atoms with van der Waals surface area (Å²) in [5.41, 5.74) is 2.50. The molecule has 4 nitrogen and oxygen atoms in total. The lowest BCUT2D eigenvalue weighted by Crippen LogP contribution is -2.45. The molecule has 0 radical (unpaired) electrons. The maximum absolute atomic E-state index is 13.2. The van der Waals surface area contributed by atoms with Gasteiger partial charge in [0, 0.05) is 0 Å². The Kier molecular flexibility index (Phi) is 6.52.